The predicted molar refractivity (Wildman–Crippen MR) is 158 cm³/mol. The first-order valence-electron chi connectivity index (χ1n) is 14.4. The fourth-order valence-electron chi connectivity index (χ4n) is 5.89. The maximum absolute atomic E-state index is 13.6. The summed E-state index contributed by atoms with van der Waals surface area (Å²) in [5, 5.41) is 10.1. The van der Waals surface area contributed by atoms with Crippen molar-refractivity contribution in [1.29, 1.82) is 0 Å². The van der Waals surface area contributed by atoms with Crippen LogP contribution in [0.1, 0.15) is 59.6 Å². The van der Waals surface area contributed by atoms with E-state index in [1.54, 1.807) is 4.90 Å². The van der Waals surface area contributed by atoms with Crippen LogP contribution in [0, 0.1) is 5.92 Å². The summed E-state index contributed by atoms with van der Waals surface area (Å²) in [6, 6.07) is 20.0. The van der Waals surface area contributed by atoms with Gasteiger partial charge in [0.25, 0.3) is 5.91 Å². The molecule has 1 amide bonds. The first-order chi connectivity index (χ1) is 20.4. The largest absolute Gasteiger partial charge is 0.481 e. The third kappa shape index (κ3) is 5.97. The lowest BCUT2D eigenvalue weighted by Crippen LogP contribution is -2.32. The molecule has 0 atom stereocenters. The number of aliphatic carboxylic acids is 1. The van der Waals surface area contributed by atoms with Crippen LogP contribution in [0.2, 0.25) is 0 Å². The normalized spacial score (nSPS) is 18.7. The van der Waals surface area contributed by atoms with Gasteiger partial charge in [-0.3, -0.25) is 14.6 Å². The number of rotatable bonds is 8. The number of nitrogens with two attached hydrogens (primary N) is 1. The average Bonchev–Trinajstić information content (AvgIpc) is 3.16. The molecule has 42 heavy (non-hydrogen) atoms. The minimum Gasteiger partial charge on any atom is -0.481 e. The van der Waals surface area contributed by atoms with E-state index in [1.165, 1.54) is 5.56 Å². The Hall–Kier alpha value is -4.73. The van der Waals surface area contributed by atoms with Crippen molar-refractivity contribution >= 4 is 34.3 Å². The predicted octanol–water partition coefficient (Wildman–Crippen LogP) is 5.02. The molecule has 3 heterocycles. The van der Waals surface area contributed by atoms with Crippen LogP contribution in [0.25, 0.3) is 10.9 Å². The zero-order valence-corrected chi connectivity index (χ0v) is 23.2. The Morgan fingerprint density at radius 2 is 1.79 bits per heavy atom. The Morgan fingerprint density at radius 3 is 2.57 bits per heavy atom. The van der Waals surface area contributed by atoms with Crippen LogP contribution in [0.5, 0.6) is 11.9 Å². The molecule has 3 N–H and O–H groups in total. The van der Waals surface area contributed by atoms with Crippen molar-refractivity contribution < 1.29 is 24.2 Å². The molecule has 2 aliphatic rings. The van der Waals surface area contributed by atoms with Gasteiger partial charge in [-0.25, -0.2) is 0 Å². The molecular formula is C32H33N5O5. The van der Waals surface area contributed by atoms with Crippen molar-refractivity contribution in [3.05, 3.63) is 77.5 Å². The van der Waals surface area contributed by atoms with E-state index in [4.69, 9.17) is 20.3 Å². The molecule has 216 valence electrons. The second-order valence-corrected chi connectivity index (χ2v) is 10.9. The highest BCUT2D eigenvalue weighted by Crippen LogP contribution is 2.38. The molecule has 1 saturated carbocycles. The lowest BCUT2D eigenvalue weighted by atomic mass is 9.77. The summed E-state index contributed by atoms with van der Waals surface area (Å²) in [4.78, 5) is 39.5. The molecule has 2 aromatic heterocycles. The number of hydrogen-bond donors (Lipinski definition) is 2. The molecule has 0 spiro atoms. The SMILES string of the molecule is Nc1nc(OCCc2ccc3ccccc3n2)nc2c1C(=O)N(c1ccc(C3CCC(CC(=O)O)CC3)cc1)CCO2. The summed E-state index contributed by atoms with van der Waals surface area (Å²) < 4.78 is 11.6. The maximum atomic E-state index is 13.6. The molecule has 10 heteroatoms. The van der Waals surface area contributed by atoms with Gasteiger partial charge in [-0.15, -0.1) is 0 Å². The molecule has 0 saturated heterocycles. The highest BCUT2D eigenvalue weighted by molar-refractivity contribution is 6.10. The van der Waals surface area contributed by atoms with Crippen molar-refractivity contribution in [3.63, 3.8) is 0 Å². The number of benzene rings is 2. The standard InChI is InChI=1S/C32H33N5O5/c33-29-28-30(36-32(35-29)42-17-15-24-12-9-23-3-1-2-4-26(23)34-24)41-18-16-37(31(28)40)25-13-10-22(11-14-25)21-7-5-20(6-8-21)19-27(38)39/h1-4,9-14,20-21H,5-8,15-19H2,(H,38,39)(H2,33,35,36). The van der Waals surface area contributed by atoms with E-state index in [2.05, 4.69) is 27.1 Å². The fourth-order valence-corrected chi connectivity index (χ4v) is 5.89. The van der Waals surface area contributed by atoms with Gasteiger partial charge in [0.15, 0.2) is 0 Å². The Labute approximate surface area is 243 Å². The third-order valence-electron chi connectivity index (χ3n) is 8.13. The number of amides is 1. The summed E-state index contributed by atoms with van der Waals surface area (Å²) in [6.07, 6.45) is 4.58. The quantitative estimate of drug-likeness (QED) is 0.300. The molecule has 0 bridgehead atoms. The lowest BCUT2D eigenvalue weighted by Gasteiger charge is -2.28. The number of nitrogen functional groups attached to an aromatic ring is 1. The minimum atomic E-state index is -0.722. The molecule has 4 aromatic rings. The number of aromatic nitrogens is 3. The van der Waals surface area contributed by atoms with E-state index in [0.29, 0.717) is 18.9 Å². The zero-order valence-electron chi connectivity index (χ0n) is 23.2. The number of pyridine rings is 1. The zero-order chi connectivity index (χ0) is 29.1. The highest BCUT2D eigenvalue weighted by atomic mass is 16.5. The number of fused-ring (bicyclic) bond motifs is 2. The van der Waals surface area contributed by atoms with E-state index in [0.717, 1.165) is 48.0 Å². The molecule has 2 aromatic carbocycles. The first kappa shape index (κ1) is 27.4. The Balaban J connectivity index is 1.10. The van der Waals surface area contributed by atoms with Crippen molar-refractivity contribution in [1.82, 2.24) is 15.0 Å². The van der Waals surface area contributed by atoms with E-state index in [9.17, 15) is 9.59 Å². The van der Waals surface area contributed by atoms with Crippen molar-refractivity contribution in [2.24, 2.45) is 5.92 Å². The number of carbonyl (C=O) groups is 2. The summed E-state index contributed by atoms with van der Waals surface area (Å²) in [5.41, 5.74) is 10.1. The van der Waals surface area contributed by atoms with Crippen LogP contribution in [-0.4, -0.2) is 51.7 Å². The smallest absolute Gasteiger partial charge is 0.321 e. The van der Waals surface area contributed by atoms with Gasteiger partial charge in [0, 0.05) is 29.6 Å². The number of nitrogens with zero attached hydrogens (tertiary/aromatic N) is 4. The van der Waals surface area contributed by atoms with Crippen LogP contribution >= 0.6 is 0 Å². The summed E-state index contributed by atoms with van der Waals surface area (Å²) in [5.74, 6) is -0.275. The van der Waals surface area contributed by atoms with Gasteiger partial charge in [-0.1, -0.05) is 36.4 Å². The van der Waals surface area contributed by atoms with Crippen molar-refractivity contribution in [2.45, 2.75) is 44.4 Å². The molecule has 1 fully saturated rings. The van der Waals surface area contributed by atoms with Gasteiger partial charge in [0.05, 0.1) is 18.7 Å². The number of carboxylic acid groups (broad SMARTS) is 1. The Morgan fingerprint density at radius 1 is 1.00 bits per heavy atom. The van der Waals surface area contributed by atoms with E-state index in [1.807, 2.05) is 48.5 Å². The monoisotopic (exact) mass is 567 g/mol. The number of carboxylic acids is 1. The van der Waals surface area contributed by atoms with Gasteiger partial charge in [0.1, 0.15) is 18.0 Å². The van der Waals surface area contributed by atoms with Crippen LogP contribution in [0.3, 0.4) is 0 Å². The molecular weight excluding hydrogens is 534 g/mol. The Bertz CT molecular complexity index is 1600. The first-order valence-corrected chi connectivity index (χ1v) is 14.4. The fraction of sp³-hybridized carbons (Fsp3) is 0.344. The molecule has 1 aliphatic carbocycles. The summed E-state index contributed by atoms with van der Waals surface area (Å²) >= 11 is 0. The second-order valence-electron chi connectivity index (χ2n) is 10.9. The van der Waals surface area contributed by atoms with Gasteiger partial charge in [0.2, 0.25) is 5.88 Å². The highest BCUT2D eigenvalue weighted by Gasteiger charge is 2.30. The van der Waals surface area contributed by atoms with Gasteiger partial charge in [-0.05, 0) is 67.3 Å². The van der Waals surface area contributed by atoms with Crippen LogP contribution in [-0.2, 0) is 11.2 Å². The second kappa shape index (κ2) is 12.0. The summed E-state index contributed by atoms with van der Waals surface area (Å²) in [6.45, 7) is 0.861. The van der Waals surface area contributed by atoms with E-state index >= 15 is 0 Å². The van der Waals surface area contributed by atoms with E-state index < -0.39 is 5.97 Å². The number of hydrogen-bond acceptors (Lipinski definition) is 8. The van der Waals surface area contributed by atoms with Crippen LogP contribution in [0.4, 0.5) is 11.5 Å². The topological polar surface area (TPSA) is 141 Å². The number of para-hydroxylation sites is 1. The van der Waals surface area contributed by atoms with Crippen molar-refractivity contribution in [3.8, 4) is 11.9 Å². The molecule has 1 aliphatic heterocycles. The van der Waals surface area contributed by atoms with E-state index in [-0.39, 0.29) is 54.7 Å². The number of carbonyl (C=O) groups excluding carboxylic acids is 1. The van der Waals surface area contributed by atoms with Gasteiger partial charge in [-0.2, -0.15) is 9.97 Å². The van der Waals surface area contributed by atoms with Gasteiger partial charge >= 0.3 is 12.0 Å². The number of anilines is 2. The maximum Gasteiger partial charge on any atom is 0.321 e. The van der Waals surface area contributed by atoms with Crippen LogP contribution in [0.15, 0.2) is 60.7 Å². The molecule has 10 nitrogen and oxygen atoms in total. The van der Waals surface area contributed by atoms with Crippen LogP contribution < -0.4 is 20.1 Å². The number of ether oxygens (including phenoxy) is 2. The average molecular weight is 568 g/mol. The van der Waals surface area contributed by atoms with Gasteiger partial charge < -0.3 is 25.2 Å². The summed E-state index contributed by atoms with van der Waals surface area (Å²) in [7, 11) is 0. The molecule has 0 unspecified atom stereocenters. The Kier molecular flexibility index (Phi) is 7.85. The lowest BCUT2D eigenvalue weighted by molar-refractivity contribution is -0.138. The molecule has 6 rings (SSSR count). The van der Waals surface area contributed by atoms with Crippen molar-refractivity contribution in [2.75, 3.05) is 30.4 Å². The minimum absolute atomic E-state index is 0.00507. The third-order valence-corrected chi connectivity index (χ3v) is 8.13. The molecule has 0 radical (unpaired) electrons.